The van der Waals surface area contributed by atoms with E-state index < -0.39 is 6.49 Å². The third-order valence-corrected chi connectivity index (χ3v) is 4.85. The Morgan fingerprint density at radius 2 is 1.64 bits per heavy atom. The molecule has 2 aliphatic rings. The summed E-state index contributed by atoms with van der Waals surface area (Å²) in [6.45, 7) is 3.39. The van der Waals surface area contributed by atoms with E-state index in [-0.39, 0.29) is 0 Å². The largest absolute Gasteiger partial charge is 0.381 e. The number of rotatable bonds is 1. The maximum absolute atomic E-state index is 5.59. The number of ether oxygens (including phenoxy) is 1. The molecule has 2 heterocycles. The summed E-state index contributed by atoms with van der Waals surface area (Å²) in [5.74, 6) is 1.24. The van der Waals surface area contributed by atoms with Gasteiger partial charge in [-0.15, -0.1) is 0 Å². The molecule has 0 aromatic rings. The van der Waals surface area contributed by atoms with Crippen molar-refractivity contribution in [1.82, 2.24) is 0 Å². The zero-order valence-corrected chi connectivity index (χ0v) is 10.2. The van der Waals surface area contributed by atoms with Crippen LogP contribution in [-0.4, -0.2) is 33.1 Å². The molecule has 0 spiro atoms. The second-order valence-electron chi connectivity index (χ2n) is 4.07. The molecule has 0 radical (unpaired) electrons. The molecule has 2 aliphatic heterocycles. The molecule has 82 valence electrons. The van der Waals surface area contributed by atoms with Gasteiger partial charge in [-0.3, -0.25) is 0 Å². The summed E-state index contributed by atoms with van der Waals surface area (Å²) < 4.78 is 16.5. The minimum Gasteiger partial charge on any atom is -0.381 e. The van der Waals surface area contributed by atoms with Crippen LogP contribution in [0.4, 0.5) is 0 Å². The Morgan fingerprint density at radius 1 is 1.07 bits per heavy atom. The molecular formula is C9H17O3PS. The van der Waals surface area contributed by atoms with E-state index in [1.54, 1.807) is 0 Å². The van der Waals surface area contributed by atoms with Crippen molar-refractivity contribution in [2.45, 2.75) is 12.8 Å². The van der Waals surface area contributed by atoms with E-state index >= 15 is 0 Å². The fraction of sp³-hybridized carbons (Fsp3) is 1.00. The first-order valence-electron chi connectivity index (χ1n) is 5.12. The highest BCUT2D eigenvalue weighted by Gasteiger charge is 2.30. The van der Waals surface area contributed by atoms with E-state index in [2.05, 4.69) is 0 Å². The van der Waals surface area contributed by atoms with Gasteiger partial charge in [-0.25, -0.2) is 0 Å². The lowest BCUT2D eigenvalue weighted by molar-refractivity contribution is 0.00946. The van der Waals surface area contributed by atoms with Crippen LogP contribution in [0.5, 0.6) is 0 Å². The minimum absolute atomic E-state index is 0.537. The lowest BCUT2D eigenvalue weighted by atomic mass is 9.87. The molecule has 2 fully saturated rings. The average molecular weight is 236 g/mol. The van der Waals surface area contributed by atoms with Crippen molar-refractivity contribution in [2.24, 2.45) is 11.8 Å². The summed E-state index contributed by atoms with van der Waals surface area (Å²) in [4.78, 5) is 0. The Kier molecular flexibility index (Phi) is 3.61. The second kappa shape index (κ2) is 4.58. The van der Waals surface area contributed by atoms with Gasteiger partial charge in [-0.05, 0) is 30.6 Å². The van der Waals surface area contributed by atoms with Gasteiger partial charge in [-0.2, -0.15) is 0 Å². The molecule has 0 N–H and O–H groups in total. The summed E-state index contributed by atoms with van der Waals surface area (Å²) >= 11 is 5.19. The fourth-order valence-electron chi connectivity index (χ4n) is 2.01. The monoisotopic (exact) mass is 236 g/mol. The van der Waals surface area contributed by atoms with Crippen LogP contribution in [0, 0.1) is 11.8 Å². The predicted octanol–water partition coefficient (Wildman–Crippen LogP) is 2.02. The van der Waals surface area contributed by atoms with E-state index in [1.807, 2.05) is 6.66 Å². The van der Waals surface area contributed by atoms with Gasteiger partial charge in [0.25, 0.3) is 0 Å². The maximum atomic E-state index is 5.59. The maximum Gasteiger partial charge on any atom is 0.185 e. The van der Waals surface area contributed by atoms with E-state index in [9.17, 15) is 0 Å². The van der Waals surface area contributed by atoms with Crippen LogP contribution in [-0.2, 0) is 25.6 Å². The zero-order valence-electron chi connectivity index (χ0n) is 8.48. The Morgan fingerprint density at radius 3 is 2.21 bits per heavy atom. The first kappa shape index (κ1) is 11.0. The van der Waals surface area contributed by atoms with Crippen LogP contribution in [0.2, 0.25) is 0 Å². The van der Waals surface area contributed by atoms with Crippen LogP contribution in [0.15, 0.2) is 0 Å². The molecule has 0 aliphatic carbocycles. The van der Waals surface area contributed by atoms with Crippen molar-refractivity contribution in [2.75, 3.05) is 33.1 Å². The highest BCUT2D eigenvalue weighted by molar-refractivity contribution is 8.09. The minimum atomic E-state index is -1.87. The van der Waals surface area contributed by atoms with Crippen LogP contribution in [0.3, 0.4) is 0 Å². The summed E-state index contributed by atoms with van der Waals surface area (Å²) in [7, 11) is 0. The number of hydrogen-bond donors (Lipinski definition) is 0. The molecule has 2 rings (SSSR count). The van der Waals surface area contributed by atoms with Gasteiger partial charge in [0, 0.05) is 25.8 Å². The molecule has 0 aromatic heterocycles. The molecule has 0 atom stereocenters. The van der Waals surface area contributed by atoms with Crippen molar-refractivity contribution in [3.8, 4) is 0 Å². The standard InChI is InChI=1S/C9H17O3PS/c1-13(14)11-6-9(7-12-13)8-2-4-10-5-3-8/h8-9H,2-7H2,1H3. The lowest BCUT2D eigenvalue weighted by Gasteiger charge is -2.35. The SMILES string of the molecule is CP1(=S)OCC(C2CCOCC2)CO1. The summed E-state index contributed by atoms with van der Waals surface area (Å²) in [6, 6.07) is 0. The van der Waals surface area contributed by atoms with Crippen molar-refractivity contribution in [3.05, 3.63) is 0 Å². The van der Waals surface area contributed by atoms with Crippen LogP contribution in [0.25, 0.3) is 0 Å². The highest BCUT2D eigenvalue weighted by atomic mass is 32.5. The molecule has 14 heavy (non-hydrogen) atoms. The van der Waals surface area contributed by atoms with Gasteiger partial charge in [-0.1, -0.05) is 0 Å². The average Bonchev–Trinajstić information content (AvgIpc) is 2.19. The van der Waals surface area contributed by atoms with E-state index in [4.69, 9.17) is 25.6 Å². The molecular weight excluding hydrogens is 219 g/mol. The van der Waals surface area contributed by atoms with Gasteiger partial charge in [0.2, 0.25) is 0 Å². The van der Waals surface area contributed by atoms with Crippen molar-refractivity contribution >= 4 is 18.3 Å². The molecule has 0 saturated carbocycles. The van der Waals surface area contributed by atoms with E-state index in [1.165, 1.54) is 0 Å². The Hall–Kier alpha value is 0.530. The fourth-order valence-corrected chi connectivity index (χ4v) is 3.37. The second-order valence-corrected chi connectivity index (χ2v) is 8.12. The molecule has 3 nitrogen and oxygen atoms in total. The normalized spacial score (nSPS) is 41.1. The summed E-state index contributed by atoms with van der Waals surface area (Å²) in [5, 5.41) is 0. The Labute approximate surface area is 90.3 Å². The summed E-state index contributed by atoms with van der Waals surface area (Å²) in [5.41, 5.74) is 0. The van der Waals surface area contributed by atoms with Gasteiger partial charge in [0.1, 0.15) is 0 Å². The van der Waals surface area contributed by atoms with Gasteiger partial charge in [0.05, 0.1) is 13.2 Å². The summed E-state index contributed by atoms with van der Waals surface area (Å²) in [6.07, 6.45) is 2.29. The zero-order chi connectivity index (χ0) is 10.0. The van der Waals surface area contributed by atoms with Gasteiger partial charge < -0.3 is 13.8 Å². The highest BCUT2D eigenvalue weighted by Crippen LogP contribution is 2.49. The van der Waals surface area contributed by atoms with Crippen molar-refractivity contribution < 1.29 is 13.8 Å². The lowest BCUT2D eigenvalue weighted by Crippen LogP contribution is -2.32. The molecule has 0 aromatic carbocycles. The quantitative estimate of drug-likeness (QED) is 0.651. The van der Waals surface area contributed by atoms with Crippen molar-refractivity contribution in [1.29, 1.82) is 0 Å². The smallest absolute Gasteiger partial charge is 0.185 e. The Balaban J connectivity index is 1.85. The van der Waals surface area contributed by atoms with Crippen LogP contribution in [0.1, 0.15) is 12.8 Å². The van der Waals surface area contributed by atoms with E-state index in [0.717, 1.165) is 39.3 Å². The molecule has 5 heteroatoms. The molecule has 0 bridgehead atoms. The van der Waals surface area contributed by atoms with Gasteiger partial charge >= 0.3 is 0 Å². The molecule has 0 amide bonds. The molecule has 0 unspecified atom stereocenters. The first-order valence-corrected chi connectivity index (χ1v) is 8.20. The van der Waals surface area contributed by atoms with Crippen LogP contribution < -0.4 is 0 Å². The third kappa shape index (κ3) is 2.77. The Bertz CT molecular complexity index is 228. The van der Waals surface area contributed by atoms with Gasteiger partial charge in [0.15, 0.2) is 6.49 Å². The molecule has 2 saturated heterocycles. The predicted molar refractivity (Wildman–Crippen MR) is 59.1 cm³/mol. The number of hydrogen-bond acceptors (Lipinski definition) is 4. The van der Waals surface area contributed by atoms with E-state index in [0.29, 0.717) is 11.8 Å². The van der Waals surface area contributed by atoms with Crippen LogP contribution >= 0.6 is 6.49 Å². The van der Waals surface area contributed by atoms with Crippen molar-refractivity contribution in [3.63, 3.8) is 0 Å². The first-order chi connectivity index (χ1) is 6.67. The third-order valence-electron chi connectivity index (χ3n) is 2.98. The topological polar surface area (TPSA) is 27.7 Å².